The highest BCUT2D eigenvalue weighted by molar-refractivity contribution is 8.25. The highest BCUT2D eigenvalue weighted by Gasteiger charge is 2.55. The number of imidazole rings is 1. The van der Waals surface area contributed by atoms with Gasteiger partial charge in [0, 0.05) is 52.5 Å². The van der Waals surface area contributed by atoms with Crippen LogP contribution in [0, 0.1) is 5.41 Å². The number of carbonyl (C=O) groups is 3. The van der Waals surface area contributed by atoms with Gasteiger partial charge in [0.25, 0.3) is 15.6 Å². The minimum absolute atomic E-state index is 0.0325. The molecule has 2 aromatic rings. The van der Waals surface area contributed by atoms with Crippen molar-refractivity contribution in [3.8, 4) is 0 Å². The maximum atomic E-state index is 12.6. The number of ether oxygens (including phenoxy) is 1. The molecule has 0 spiro atoms. The number of thioether (sulfide) groups is 3. The molecule has 24 nitrogen and oxygen atoms in total. The van der Waals surface area contributed by atoms with E-state index in [1.54, 1.807) is 29.6 Å². The molecule has 2 fully saturated rings. The van der Waals surface area contributed by atoms with Crippen LogP contribution in [-0.4, -0.2) is 115 Å². The average molecular weight is 922 g/mol. The second kappa shape index (κ2) is 19.6. The molecule has 0 radical (unpaired) electrons. The molecular weight excluding hydrogens is 883 g/mol. The van der Waals surface area contributed by atoms with Gasteiger partial charge in [-0.2, -0.15) is 0 Å². The molecule has 0 bridgehead atoms. The fourth-order valence-corrected chi connectivity index (χ4v) is 10.9. The van der Waals surface area contributed by atoms with Crippen molar-refractivity contribution >= 4 is 92.7 Å². The number of amides is 2. The van der Waals surface area contributed by atoms with E-state index in [0.29, 0.717) is 5.75 Å². The fraction of sp³-hybridized carbons (Fsp3) is 0.630. The molecule has 320 valence electrons. The number of rotatable bonds is 20. The second-order valence-electron chi connectivity index (χ2n) is 12.9. The molecule has 2 aliphatic heterocycles. The van der Waals surface area contributed by atoms with Gasteiger partial charge in [-0.1, -0.05) is 25.6 Å². The van der Waals surface area contributed by atoms with Crippen molar-refractivity contribution in [3.05, 3.63) is 23.0 Å². The number of phosphoric ester groups is 3. The van der Waals surface area contributed by atoms with E-state index in [4.69, 9.17) is 10.5 Å². The number of nitrogens with two attached hydrogens (primary N) is 1. The summed E-state index contributed by atoms with van der Waals surface area (Å²) in [5.41, 5.74) is 2.03. The molecule has 7 unspecified atom stereocenters. The third-order valence-electron chi connectivity index (χ3n) is 8.01. The number of fused-ring (bicyclic) bond motifs is 1. The van der Waals surface area contributed by atoms with E-state index in [2.05, 4.69) is 43.5 Å². The molecular formula is C27H38N7O17P3S3-4. The zero-order valence-corrected chi connectivity index (χ0v) is 35.3. The lowest BCUT2D eigenvalue weighted by Gasteiger charge is -2.36. The van der Waals surface area contributed by atoms with E-state index in [1.807, 2.05) is 0 Å². The summed E-state index contributed by atoms with van der Waals surface area (Å²) in [7, 11) is -17.7. The number of hydrogen-bond acceptors (Lipinski definition) is 24. The number of aliphatic hydroxyl groups excluding tert-OH is 2. The summed E-state index contributed by atoms with van der Waals surface area (Å²) >= 11 is 4.25. The van der Waals surface area contributed by atoms with Gasteiger partial charge in [-0.3, -0.25) is 28.1 Å². The molecule has 2 aliphatic rings. The molecule has 2 amide bonds. The zero-order chi connectivity index (χ0) is 42.4. The van der Waals surface area contributed by atoms with E-state index in [-0.39, 0.29) is 41.6 Å². The van der Waals surface area contributed by atoms with Crippen molar-refractivity contribution < 1.29 is 80.5 Å². The molecule has 57 heavy (non-hydrogen) atoms. The Balaban J connectivity index is 1.25. The Morgan fingerprint density at radius 1 is 1.12 bits per heavy atom. The SMILES string of the molecule is CC(C)(COP(=O)([O-])OP(=O)([O-])OCC1OC(C)(n2cnc3c(N)ncnc32)C(O)C1OP(=O)([O-])[O-])C(O)C(=O)NCCC(=O)NCCSC(=O)C=C1SCCS1. The third kappa shape index (κ3) is 13.5. The van der Waals surface area contributed by atoms with Crippen LogP contribution in [0.5, 0.6) is 0 Å². The Hall–Kier alpha value is -2.00. The standard InChI is InChI=1S/C27H42N7O17P3S3/c1-26(2,22(38)25(39)30-5-4-16(35)29-6-7-55-17(36)10-18-56-8-9-57-18)12-48-54(45,46)51-53(43,44)47-11-15-20(50-52(40,41)42)21(37)27(3,49-15)34-14-33-19-23(28)31-13-32-24(19)34/h10,13-15,20-22,37-38H,4-9,11-12H2,1-3H3,(H,29,35)(H,30,39)(H,43,44)(H,45,46)(H2,28,31,32)(H2,40,41,42)/p-4. The van der Waals surface area contributed by atoms with Crippen molar-refractivity contribution in [1.82, 2.24) is 30.2 Å². The third-order valence-corrected chi connectivity index (χ3v) is 14.4. The summed E-state index contributed by atoms with van der Waals surface area (Å²) in [6.45, 7) is 1.26. The lowest BCUT2D eigenvalue weighted by molar-refractivity contribution is -0.347. The molecule has 7 atom stereocenters. The summed E-state index contributed by atoms with van der Waals surface area (Å²) in [4.78, 5) is 96.5. The Morgan fingerprint density at radius 2 is 1.79 bits per heavy atom. The second-order valence-corrected chi connectivity index (χ2v) is 20.6. The van der Waals surface area contributed by atoms with Crippen LogP contribution >= 0.6 is 58.8 Å². The first-order chi connectivity index (χ1) is 26.4. The van der Waals surface area contributed by atoms with Gasteiger partial charge in [0.05, 0.1) is 27.4 Å². The first-order valence-electron chi connectivity index (χ1n) is 16.4. The first kappa shape index (κ1) is 47.7. The quantitative estimate of drug-likeness (QED) is 0.0526. The molecule has 0 aliphatic carbocycles. The van der Waals surface area contributed by atoms with Gasteiger partial charge in [0.2, 0.25) is 16.9 Å². The number of aliphatic hydroxyl groups is 2. The minimum atomic E-state index is -5.93. The normalized spacial score (nSPS) is 24.2. The van der Waals surface area contributed by atoms with E-state index < -0.39 is 84.1 Å². The number of nitrogens with zero attached hydrogens (tertiary/aromatic N) is 4. The van der Waals surface area contributed by atoms with Gasteiger partial charge in [0.15, 0.2) is 17.2 Å². The molecule has 4 rings (SSSR count). The van der Waals surface area contributed by atoms with E-state index in [9.17, 15) is 57.9 Å². The molecule has 30 heteroatoms. The number of anilines is 1. The number of nitrogen functional groups attached to an aromatic ring is 1. The van der Waals surface area contributed by atoms with E-state index >= 15 is 0 Å². The van der Waals surface area contributed by atoms with Gasteiger partial charge in [0.1, 0.15) is 36.3 Å². The van der Waals surface area contributed by atoms with Crippen LogP contribution < -0.4 is 35.9 Å². The average Bonchev–Trinajstić information content (AvgIpc) is 3.84. The predicted octanol–water partition coefficient (Wildman–Crippen LogP) is -2.37. The summed E-state index contributed by atoms with van der Waals surface area (Å²) in [6.07, 6.45) is -4.52. The van der Waals surface area contributed by atoms with Crippen molar-refractivity contribution in [1.29, 1.82) is 0 Å². The summed E-state index contributed by atoms with van der Waals surface area (Å²) in [5.74, 6) is 0.665. The maximum absolute atomic E-state index is 12.6. The fourth-order valence-electron chi connectivity index (χ4n) is 5.12. The Morgan fingerprint density at radius 3 is 2.46 bits per heavy atom. The largest absolute Gasteiger partial charge is 0.790 e. The van der Waals surface area contributed by atoms with Crippen LogP contribution in [0.25, 0.3) is 11.2 Å². The Bertz CT molecular complexity index is 1960. The van der Waals surface area contributed by atoms with Crippen molar-refractivity contribution in [2.24, 2.45) is 5.41 Å². The number of carbonyl (C=O) groups excluding carboxylic acids is 3. The number of aromatic nitrogens is 4. The van der Waals surface area contributed by atoms with Gasteiger partial charge in [-0.25, -0.2) is 19.3 Å². The lowest BCUT2D eigenvalue weighted by atomic mass is 9.87. The molecule has 4 heterocycles. The van der Waals surface area contributed by atoms with Crippen molar-refractivity contribution in [2.45, 2.75) is 57.3 Å². The molecule has 0 saturated carbocycles. The monoisotopic (exact) mass is 921 g/mol. The number of hydrogen-bond donors (Lipinski definition) is 5. The van der Waals surface area contributed by atoms with E-state index in [1.165, 1.54) is 20.8 Å². The number of phosphoric acid groups is 3. The summed E-state index contributed by atoms with van der Waals surface area (Å²) < 4.78 is 62.0. The maximum Gasteiger partial charge on any atom is 0.274 e. The number of nitrogens with one attached hydrogen (secondary N) is 2. The highest BCUT2D eigenvalue weighted by Crippen LogP contribution is 2.56. The zero-order valence-electron chi connectivity index (χ0n) is 30.1. The van der Waals surface area contributed by atoms with Gasteiger partial charge in [-0.05, 0) is 6.92 Å². The van der Waals surface area contributed by atoms with Crippen LogP contribution in [0.2, 0.25) is 0 Å². The van der Waals surface area contributed by atoms with Gasteiger partial charge < -0.3 is 69.0 Å². The molecule has 6 N–H and O–H groups in total. The molecule has 0 aromatic carbocycles. The van der Waals surface area contributed by atoms with Crippen molar-refractivity contribution in [3.63, 3.8) is 0 Å². The summed E-state index contributed by atoms with van der Waals surface area (Å²) in [5, 5.41) is 26.4. The molecule has 2 saturated heterocycles. The Labute approximate surface area is 337 Å². The van der Waals surface area contributed by atoms with Gasteiger partial charge >= 0.3 is 0 Å². The smallest absolute Gasteiger partial charge is 0.274 e. The van der Waals surface area contributed by atoms with Gasteiger partial charge in [-0.15, -0.1) is 23.5 Å². The summed E-state index contributed by atoms with van der Waals surface area (Å²) in [6, 6.07) is 0. The van der Waals surface area contributed by atoms with Crippen LogP contribution in [-0.2, 0) is 56.4 Å². The van der Waals surface area contributed by atoms with Crippen LogP contribution in [0.15, 0.2) is 23.0 Å². The molecule has 2 aromatic heterocycles. The lowest BCUT2D eigenvalue weighted by Crippen LogP contribution is -2.46. The highest BCUT2D eigenvalue weighted by atomic mass is 32.2. The topological polar surface area (TPSA) is 375 Å². The van der Waals surface area contributed by atoms with E-state index in [0.717, 1.165) is 44.7 Å². The first-order valence-corrected chi connectivity index (χ1v) is 23.8. The van der Waals surface area contributed by atoms with Crippen LogP contribution in [0.1, 0.15) is 27.2 Å². The van der Waals surface area contributed by atoms with Crippen LogP contribution in [0.4, 0.5) is 5.82 Å². The Kier molecular flexibility index (Phi) is 16.4. The minimum Gasteiger partial charge on any atom is -0.790 e. The predicted molar refractivity (Wildman–Crippen MR) is 196 cm³/mol. The van der Waals surface area contributed by atoms with Crippen LogP contribution in [0.3, 0.4) is 0 Å². The van der Waals surface area contributed by atoms with Crippen molar-refractivity contribution in [2.75, 3.05) is 49.3 Å².